The number of carbonyl (C=O) groups is 3. The topological polar surface area (TPSA) is 123 Å². The summed E-state index contributed by atoms with van der Waals surface area (Å²) in [6.45, 7) is 4.45. The number of nitro groups is 1. The molecule has 2 fully saturated rings. The highest BCUT2D eigenvalue weighted by Crippen LogP contribution is 2.35. The molecule has 0 aromatic heterocycles. The number of nitro benzene ring substituents is 1. The van der Waals surface area contributed by atoms with Crippen molar-refractivity contribution in [1.82, 2.24) is 9.80 Å². The Balaban J connectivity index is 1.20. The van der Waals surface area contributed by atoms with Crippen molar-refractivity contribution in [2.24, 2.45) is 0 Å². The molecule has 0 N–H and O–H groups in total. The van der Waals surface area contributed by atoms with Gasteiger partial charge in [-0.1, -0.05) is 24.3 Å². The Bertz CT molecular complexity index is 1540. The molecule has 0 aliphatic carbocycles. The summed E-state index contributed by atoms with van der Waals surface area (Å²) in [7, 11) is 0. The molecule has 2 heterocycles. The Morgan fingerprint density at radius 2 is 1.67 bits per heavy atom. The molecule has 0 bridgehead atoms. The minimum atomic E-state index is -0.511. The van der Waals surface area contributed by atoms with Crippen molar-refractivity contribution in [1.29, 1.82) is 0 Å². The van der Waals surface area contributed by atoms with Crippen LogP contribution in [0.2, 0.25) is 0 Å². The van der Waals surface area contributed by atoms with Gasteiger partial charge in [0.05, 0.1) is 16.4 Å². The van der Waals surface area contributed by atoms with Gasteiger partial charge < -0.3 is 19.3 Å². The fraction of sp³-hybridized carbons (Fsp3) is 0.258. The van der Waals surface area contributed by atoms with Crippen LogP contribution in [0, 0.1) is 10.1 Å². The fourth-order valence-electron chi connectivity index (χ4n) is 4.75. The van der Waals surface area contributed by atoms with Gasteiger partial charge in [0.15, 0.2) is 11.5 Å². The van der Waals surface area contributed by atoms with Crippen molar-refractivity contribution in [3.63, 3.8) is 0 Å². The third kappa shape index (κ3) is 7.15. The second-order valence-electron chi connectivity index (χ2n) is 9.82. The SMILES string of the molecule is CCOc1cc(/C=C2/SC(=O)N(CC(=O)N3CCN(c4ccccc4)CC3)C2=O)ccc1OCc1ccc([N+](=O)[O-])cc1. The zero-order valence-corrected chi connectivity index (χ0v) is 24.3. The molecule has 2 saturated heterocycles. The highest BCUT2D eigenvalue weighted by Gasteiger charge is 2.37. The summed E-state index contributed by atoms with van der Waals surface area (Å²) in [6.07, 6.45) is 1.59. The molecular weight excluding hydrogens is 572 g/mol. The van der Waals surface area contributed by atoms with E-state index in [1.54, 1.807) is 41.3 Å². The lowest BCUT2D eigenvalue weighted by Gasteiger charge is -2.36. The van der Waals surface area contributed by atoms with E-state index in [-0.39, 0.29) is 29.7 Å². The second-order valence-corrected chi connectivity index (χ2v) is 10.8. The summed E-state index contributed by atoms with van der Waals surface area (Å²) < 4.78 is 11.6. The van der Waals surface area contributed by atoms with Gasteiger partial charge in [-0.3, -0.25) is 29.4 Å². The Labute approximate surface area is 252 Å². The molecule has 5 rings (SSSR count). The van der Waals surface area contributed by atoms with E-state index in [1.165, 1.54) is 12.1 Å². The van der Waals surface area contributed by atoms with Crippen LogP contribution < -0.4 is 14.4 Å². The normalized spacial score (nSPS) is 16.1. The molecule has 0 saturated carbocycles. The summed E-state index contributed by atoms with van der Waals surface area (Å²) in [5, 5.41) is 10.4. The monoisotopic (exact) mass is 602 g/mol. The lowest BCUT2D eigenvalue weighted by atomic mass is 10.1. The number of para-hydroxylation sites is 1. The summed E-state index contributed by atoms with van der Waals surface area (Å²) in [5.74, 6) is 0.137. The van der Waals surface area contributed by atoms with Gasteiger partial charge >= 0.3 is 0 Å². The van der Waals surface area contributed by atoms with Crippen LogP contribution in [0.15, 0.2) is 77.7 Å². The maximum absolute atomic E-state index is 13.1. The lowest BCUT2D eigenvalue weighted by molar-refractivity contribution is -0.384. The molecule has 3 amide bonds. The molecular formula is C31H30N4O7S. The summed E-state index contributed by atoms with van der Waals surface area (Å²) in [4.78, 5) is 54.3. The number of rotatable bonds is 10. The van der Waals surface area contributed by atoms with Crippen LogP contribution >= 0.6 is 11.8 Å². The predicted molar refractivity (Wildman–Crippen MR) is 163 cm³/mol. The molecule has 11 nitrogen and oxygen atoms in total. The zero-order valence-electron chi connectivity index (χ0n) is 23.5. The van der Waals surface area contributed by atoms with E-state index >= 15 is 0 Å². The van der Waals surface area contributed by atoms with E-state index in [9.17, 15) is 24.5 Å². The third-order valence-electron chi connectivity index (χ3n) is 7.03. The maximum atomic E-state index is 13.1. The number of ether oxygens (including phenoxy) is 2. The van der Waals surface area contributed by atoms with E-state index in [2.05, 4.69) is 4.90 Å². The number of amides is 3. The number of hydrogen-bond acceptors (Lipinski definition) is 9. The maximum Gasteiger partial charge on any atom is 0.294 e. The van der Waals surface area contributed by atoms with E-state index in [1.807, 2.05) is 37.3 Å². The van der Waals surface area contributed by atoms with Crippen LogP contribution in [0.25, 0.3) is 6.08 Å². The van der Waals surface area contributed by atoms with Crippen molar-refractivity contribution >= 4 is 46.3 Å². The number of nitrogens with zero attached hydrogens (tertiary/aromatic N) is 4. The van der Waals surface area contributed by atoms with Crippen molar-refractivity contribution in [3.05, 3.63) is 98.9 Å². The number of non-ortho nitro benzene ring substituents is 1. The van der Waals surface area contributed by atoms with Gasteiger partial charge in [0.2, 0.25) is 5.91 Å². The second kappa shape index (κ2) is 13.4. The first-order valence-electron chi connectivity index (χ1n) is 13.8. The molecule has 3 aromatic rings. The molecule has 43 heavy (non-hydrogen) atoms. The van der Waals surface area contributed by atoms with Gasteiger partial charge in [-0.05, 0) is 72.3 Å². The van der Waals surface area contributed by atoms with Crippen molar-refractivity contribution in [2.75, 3.05) is 44.2 Å². The molecule has 0 atom stereocenters. The molecule has 3 aromatic carbocycles. The van der Waals surface area contributed by atoms with E-state index in [4.69, 9.17) is 9.47 Å². The molecule has 0 radical (unpaired) electrons. The first kappa shape index (κ1) is 29.6. The number of benzene rings is 3. The van der Waals surface area contributed by atoms with Crippen LogP contribution in [-0.4, -0.2) is 71.1 Å². The average molecular weight is 603 g/mol. The number of hydrogen-bond donors (Lipinski definition) is 0. The van der Waals surface area contributed by atoms with Crippen LogP contribution in [-0.2, 0) is 16.2 Å². The molecule has 2 aliphatic heterocycles. The summed E-state index contributed by atoms with van der Waals surface area (Å²) in [6, 6.07) is 21.2. The average Bonchev–Trinajstić information content (AvgIpc) is 3.28. The number of anilines is 1. The van der Waals surface area contributed by atoms with Gasteiger partial charge in [-0.15, -0.1) is 0 Å². The minimum absolute atomic E-state index is 0.00133. The fourth-order valence-corrected chi connectivity index (χ4v) is 5.59. The number of carbonyl (C=O) groups excluding carboxylic acids is 3. The first-order chi connectivity index (χ1) is 20.8. The zero-order chi connectivity index (χ0) is 30.3. The minimum Gasteiger partial charge on any atom is -0.490 e. The van der Waals surface area contributed by atoms with Crippen molar-refractivity contribution in [2.45, 2.75) is 13.5 Å². The number of thioether (sulfide) groups is 1. The summed E-state index contributed by atoms with van der Waals surface area (Å²) >= 11 is 0.797. The van der Waals surface area contributed by atoms with Crippen LogP contribution in [0.4, 0.5) is 16.2 Å². The molecule has 0 unspecified atom stereocenters. The van der Waals surface area contributed by atoms with Crippen LogP contribution in [0.3, 0.4) is 0 Å². The number of piperazine rings is 1. The Morgan fingerprint density at radius 1 is 0.953 bits per heavy atom. The largest absolute Gasteiger partial charge is 0.490 e. The number of imide groups is 1. The van der Waals surface area contributed by atoms with Crippen LogP contribution in [0.1, 0.15) is 18.1 Å². The first-order valence-corrected chi connectivity index (χ1v) is 14.6. The Hall–Kier alpha value is -4.84. The van der Waals surface area contributed by atoms with Crippen LogP contribution in [0.5, 0.6) is 11.5 Å². The van der Waals surface area contributed by atoms with Gasteiger partial charge in [0, 0.05) is 44.0 Å². The molecule has 2 aliphatic rings. The van der Waals surface area contributed by atoms with E-state index < -0.39 is 16.1 Å². The quantitative estimate of drug-likeness (QED) is 0.180. The highest BCUT2D eigenvalue weighted by atomic mass is 32.2. The standard InChI is InChI=1S/C31H30N4O7S/c1-2-41-27-18-23(10-13-26(27)42-21-22-8-11-25(12-9-22)35(39)40)19-28-30(37)34(31(38)43-28)20-29(36)33-16-14-32(15-17-33)24-6-4-3-5-7-24/h3-13,18-19H,2,14-17,20-21H2,1H3/b28-19+. The van der Waals surface area contributed by atoms with Crippen molar-refractivity contribution < 1.29 is 28.8 Å². The van der Waals surface area contributed by atoms with Gasteiger partial charge in [0.1, 0.15) is 13.2 Å². The smallest absolute Gasteiger partial charge is 0.294 e. The molecule has 12 heteroatoms. The van der Waals surface area contributed by atoms with Gasteiger partial charge in [-0.25, -0.2) is 0 Å². The lowest BCUT2D eigenvalue weighted by Crippen LogP contribution is -2.51. The van der Waals surface area contributed by atoms with E-state index in [0.717, 1.165) is 27.9 Å². The van der Waals surface area contributed by atoms with Gasteiger partial charge in [-0.2, -0.15) is 0 Å². The highest BCUT2D eigenvalue weighted by molar-refractivity contribution is 8.18. The molecule has 222 valence electrons. The predicted octanol–water partition coefficient (Wildman–Crippen LogP) is 4.96. The third-order valence-corrected chi connectivity index (χ3v) is 7.93. The van der Waals surface area contributed by atoms with Crippen molar-refractivity contribution in [3.8, 4) is 11.5 Å². The Kier molecular flexibility index (Phi) is 9.26. The Morgan fingerprint density at radius 3 is 2.35 bits per heavy atom. The van der Waals surface area contributed by atoms with E-state index in [0.29, 0.717) is 49.8 Å². The van der Waals surface area contributed by atoms with Gasteiger partial charge in [0.25, 0.3) is 16.8 Å². The molecule has 0 spiro atoms. The summed E-state index contributed by atoms with van der Waals surface area (Å²) in [5.41, 5.74) is 2.47.